The van der Waals surface area contributed by atoms with Crippen LogP contribution < -0.4 is 15.4 Å². The summed E-state index contributed by atoms with van der Waals surface area (Å²) in [6, 6.07) is 7.07. The summed E-state index contributed by atoms with van der Waals surface area (Å²) in [6.07, 6.45) is 0.819. The fourth-order valence-electron chi connectivity index (χ4n) is 1.60. The van der Waals surface area contributed by atoms with Crippen molar-refractivity contribution in [1.29, 1.82) is 0 Å². The van der Waals surface area contributed by atoms with Gasteiger partial charge in [-0.25, -0.2) is 0 Å². The molecule has 1 unspecified atom stereocenters. The lowest BCUT2D eigenvalue weighted by Crippen LogP contribution is -2.47. The molecule has 1 aromatic carbocycles. The Morgan fingerprint density at radius 3 is 2.52 bits per heavy atom. The summed E-state index contributed by atoms with van der Waals surface area (Å²) >= 11 is 0. The average molecular weight is 292 g/mol. The number of amides is 2. The number of hydrogen-bond donors (Lipinski definition) is 2. The van der Waals surface area contributed by atoms with Crippen LogP contribution in [0.25, 0.3) is 0 Å². The third kappa shape index (κ3) is 4.48. The first-order valence-electron chi connectivity index (χ1n) is 7.07. The van der Waals surface area contributed by atoms with Crippen molar-refractivity contribution in [3.05, 3.63) is 24.3 Å². The molecule has 1 atom stereocenters. The molecule has 0 aliphatic heterocycles. The monoisotopic (exact) mass is 292 g/mol. The number of nitrogens with one attached hydrogen (secondary N) is 2. The zero-order valence-corrected chi connectivity index (χ0v) is 13.3. The molecule has 5 nitrogen and oxygen atoms in total. The second kappa shape index (κ2) is 7.11. The number of carbonyl (C=O) groups is 2. The SMILES string of the molecule is CCC(C)NC(=O)C(C)(C)C(=O)Nc1cccc(OC)c1. The first-order chi connectivity index (χ1) is 9.81. The second-order valence-corrected chi connectivity index (χ2v) is 5.59. The quantitative estimate of drug-likeness (QED) is 0.792. The number of methoxy groups -OCH3 is 1. The first-order valence-corrected chi connectivity index (χ1v) is 7.07. The van der Waals surface area contributed by atoms with E-state index in [0.717, 1.165) is 6.42 Å². The Bertz CT molecular complexity index is 512. The highest BCUT2D eigenvalue weighted by Gasteiger charge is 2.36. The van der Waals surface area contributed by atoms with E-state index in [0.29, 0.717) is 11.4 Å². The molecule has 2 N–H and O–H groups in total. The molecule has 0 spiro atoms. The highest BCUT2D eigenvalue weighted by molar-refractivity contribution is 6.09. The number of carbonyl (C=O) groups excluding carboxylic acids is 2. The Morgan fingerprint density at radius 1 is 1.29 bits per heavy atom. The highest BCUT2D eigenvalue weighted by atomic mass is 16.5. The number of ether oxygens (including phenoxy) is 1. The fraction of sp³-hybridized carbons (Fsp3) is 0.500. The zero-order valence-electron chi connectivity index (χ0n) is 13.3. The van der Waals surface area contributed by atoms with Gasteiger partial charge in [-0.15, -0.1) is 0 Å². The first kappa shape index (κ1) is 17.0. The van der Waals surface area contributed by atoms with Gasteiger partial charge in [-0.3, -0.25) is 9.59 Å². The van der Waals surface area contributed by atoms with Crippen LogP contribution in [0.15, 0.2) is 24.3 Å². The van der Waals surface area contributed by atoms with Crippen LogP contribution in [0, 0.1) is 5.41 Å². The van der Waals surface area contributed by atoms with Crippen LogP contribution in [0.2, 0.25) is 0 Å². The predicted octanol–water partition coefficient (Wildman–Crippen LogP) is 2.57. The summed E-state index contributed by atoms with van der Waals surface area (Å²) < 4.78 is 5.11. The van der Waals surface area contributed by atoms with Crippen LogP contribution in [0.5, 0.6) is 5.75 Å². The lowest BCUT2D eigenvalue weighted by Gasteiger charge is -2.24. The van der Waals surface area contributed by atoms with E-state index >= 15 is 0 Å². The third-order valence-electron chi connectivity index (χ3n) is 3.45. The average Bonchev–Trinajstić information content (AvgIpc) is 2.46. The Kier molecular flexibility index (Phi) is 5.76. The normalized spacial score (nSPS) is 12.4. The number of hydrogen-bond acceptors (Lipinski definition) is 3. The molecule has 0 fully saturated rings. The third-order valence-corrected chi connectivity index (χ3v) is 3.45. The van der Waals surface area contributed by atoms with Crippen molar-refractivity contribution in [3.8, 4) is 5.75 Å². The summed E-state index contributed by atoms with van der Waals surface area (Å²) in [4.78, 5) is 24.5. The summed E-state index contributed by atoms with van der Waals surface area (Å²) in [5.74, 6) is 0.0171. The largest absolute Gasteiger partial charge is 0.497 e. The molecule has 0 saturated carbocycles. The fourth-order valence-corrected chi connectivity index (χ4v) is 1.60. The van der Waals surface area contributed by atoms with Crippen molar-refractivity contribution < 1.29 is 14.3 Å². The van der Waals surface area contributed by atoms with E-state index in [1.54, 1.807) is 45.2 Å². The van der Waals surface area contributed by atoms with Crippen molar-refractivity contribution in [3.63, 3.8) is 0 Å². The molecular formula is C16H24N2O3. The molecule has 21 heavy (non-hydrogen) atoms. The van der Waals surface area contributed by atoms with E-state index in [9.17, 15) is 9.59 Å². The standard InChI is InChI=1S/C16H24N2O3/c1-6-11(2)17-14(19)16(3,4)15(20)18-12-8-7-9-13(10-12)21-5/h7-11H,6H2,1-5H3,(H,17,19)(H,18,20). The topological polar surface area (TPSA) is 67.4 Å². The van der Waals surface area contributed by atoms with Crippen molar-refractivity contribution in [2.45, 2.75) is 40.2 Å². The van der Waals surface area contributed by atoms with Gasteiger partial charge in [0.25, 0.3) is 0 Å². The van der Waals surface area contributed by atoms with Crippen LogP contribution in [-0.4, -0.2) is 25.0 Å². The van der Waals surface area contributed by atoms with Gasteiger partial charge >= 0.3 is 0 Å². The second-order valence-electron chi connectivity index (χ2n) is 5.59. The molecule has 0 bridgehead atoms. The van der Waals surface area contributed by atoms with Gasteiger partial charge in [0, 0.05) is 17.8 Å². The van der Waals surface area contributed by atoms with E-state index in [4.69, 9.17) is 4.74 Å². The number of rotatable bonds is 6. The number of anilines is 1. The van der Waals surface area contributed by atoms with Crippen molar-refractivity contribution in [2.24, 2.45) is 5.41 Å². The van der Waals surface area contributed by atoms with Crippen molar-refractivity contribution in [1.82, 2.24) is 5.32 Å². The summed E-state index contributed by atoms with van der Waals surface area (Å²) in [7, 11) is 1.56. The lowest BCUT2D eigenvalue weighted by atomic mass is 9.90. The zero-order chi connectivity index (χ0) is 16.0. The molecule has 0 heterocycles. The summed E-state index contributed by atoms with van der Waals surface area (Å²) in [5, 5.41) is 5.58. The molecule has 0 aliphatic carbocycles. The van der Waals surface area contributed by atoms with Crippen molar-refractivity contribution in [2.75, 3.05) is 12.4 Å². The molecule has 1 rings (SSSR count). The molecule has 1 aromatic rings. The minimum atomic E-state index is -1.15. The Balaban J connectivity index is 2.78. The summed E-state index contributed by atoms with van der Waals surface area (Å²) in [6.45, 7) is 7.11. The van der Waals surface area contributed by atoms with Gasteiger partial charge in [0.1, 0.15) is 11.2 Å². The van der Waals surface area contributed by atoms with Crippen molar-refractivity contribution >= 4 is 17.5 Å². The van der Waals surface area contributed by atoms with Gasteiger partial charge in [0.15, 0.2) is 0 Å². The highest BCUT2D eigenvalue weighted by Crippen LogP contribution is 2.22. The maximum atomic E-state index is 12.3. The predicted molar refractivity (Wildman–Crippen MR) is 83.3 cm³/mol. The van der Waals surface area contributed by atoms with Gasteiger partial charge < -0.3 is 15.4 Å². The molecular weight excluding hydrogens is 268 g/mol. The molecule has 0 radical (unpaired) electrons. The van der Waals surface area contributed by atoms with Crippen LogP contribution in [-0.2, 0) is 9.59 Å². The van der Waals surface area contributed by atoms with Crippen LogP contribution >= 0.6 is 0 Å². The van der Waals surface area contributed by atoms with Crippen LogP contribution in [0.4, 0.5) is 5.69 Å². The van der Waals surface area contributed by atoms with Gasteiger partial charge in [0.2, 0.25) is 11.8 Å². The van der Waals surface area contributed by atoms with E-state index in [-0.39, 0.29) is 17.9 Å². The van der Waals surface area contributed by atoms with Gasteiger partial charge in [-0.05, 0) is 39.3 Å². The smallest absolute Gasteiger partial charge is 0.239 e. The number of benzene rings is 1. The lowest BCUT2D eigenvalue weighted by molar-refractivity contribution is -0.138. The van der Waals surface area contributed by atoms with Crippen LogP contribution in [0.1, 0.15) is 34.1 Å². The maximum absolute atomic E-state index is 12.3. The molecule has 2 amide bonds. The molecule has 5 heteroatoms. The Morgan fingerprint density at radius 2 is 1.95 bits per heavy atom. The van der Waals surface area contributed by atoms with E-state index in [2.05, 4.69) is 10.6 Å². The van der Waals surface area contributed by atoms with E-state index in [1.165, 1.54) is 0 Å². The van der Waals surface area contributed by atoms with E-state index in [1.807, 2.05) is 13.8 Å². The molecule has 0 aromatic heterocycles. The molecule has 0 aliphatic rings. The van der Waals surface area contributed by atoms with Gasteiger partial charge in [-0.2, -0.15) is 0 Å². The van der Waals surface area contributed by atoms with Gasteiger partial charge in [0.05, 0.1) is 7.11 Å². The van der Waals surface area contributed by atoms with Crippen LogP contribution in [0.3, 0.4) is 0 Å². The minimum Gasteiger partial charge on any atom is -0.497 e. The maximum Gasteiger partial charge on any atom is 0.239 e. The van der Waals surface area contributed by atoms with Gasteiger partial charge in [-0.1, -0.05) is 13.0 Å². The molecule has 0 saturated heterocycles. The Hall–Kier alpha value is -2.04. The Labute approximate surface area is 126 Å². The van der Waals surface area contributed by atoms with E-state index < -0.39 is 5.41 Å². The minimum absolute atomic E-state index is 0.0430. The molecule has 116 valence electrons. The summed E-state index contributed by atoms with van der Waals surface area (Å²) in [5.41, 5.74) is -0.546.